The van der Waals surface area contributed by atoms with Crippen molar-refractivity contribution in [2.24, 2.45) is 0 Å². The van der Waals surface area contributed by atoms with Gasteiger partial charge in [0, 0.05) is 24.0 Å². The van der Waals surface area contributed by atoms with Crippen molar-refractivity contribution in [1.82, 2.24) is 4.90 Å². The number of benzene rings is 4. The normalized spacial score (nSPS) is 13.7. The standard InChI is InChI=1S/C33H35NO3/c1-35-28-16-11-26(12-17-28)31-19-13-27-24-30(36-2)18-20-32(27)33(31)37-29-14-9-25(10-15-29)8-4-7-23-34-21-5-3-6-22-34/h7,9-20,23-24H,3-6,8,21-22H2,1-2H3/b23-7+. The Morgan fingerprint density at radius 3 is 2.16 bits per heavy atom. The Balaban J connectivity index is 1.36. The lowest BCUT2D eigenvalue weighted by Crippen LogP contribution is -2.24. The Hall–Kier alpha value is -3.92. The summed E-state index contributed by atoms with van der Waals surface area (Å²) in [6.45, 7) is 2.39. The predicted molar refractivity (Wildman–Crippen MR) is 152 cm³/mol. The maximum atomic E-state index is 6.57. The molecule has 0 amide bonds. The molecule has 1 saturated heterocycles. The molecule has 1 aliphatic rings. The molecule has 4 aromatic rings. The Labute approximate surface area is 220 Å². The first-order valence-corrected chi connectivity index (χ1v) is 13.2. The van der Waals surface area contributed by atoms with Crippen LogP contribution in [0.25, 0.3) is 21.9 Å². The molecular weight excluding hydrogens is 458 g/mol. The van der Waals surface area contributed by atoms with Gasteiger partial charge in [0.2, 0.25) is 0 Å². The monoisotopic (exact) mass is 493 g/mol. The molecule has 0 unspecified atom stereocenters. The molecule has 0 aromatic heterocycles. The first-order valence-electron chi connectivity index (χ1n) is 13.2. The SMILES string of the molecule is COc1ccc(-c2ccc3cc(OC)ccc3c2Oc2ccc(CC/C=C/N3CCCCC3)cc2)cc1. The summed E-state index contributed by atoms with van der Waals surface area (Å²) >= 11 is 0. The van der Waals surface area contributed by atoms with Gasteiger partial charge in [-0.15, -0.1) is 0 Å². The summed E-state index contributed by atoms with van der Waals surface area (Å²) in [4.78, 5) is 2.45. The van der Waals surface area contributed by atoms with Gasteiger partial charge in [0.25, 0.3) is 0 Å². The van der Waals surface area contributed by atoms with Gasteiger partial charge in [0.05, 0.1) is 14.2 Å². The molecule has 0 atom stereocenters. The van der Waals surface area contributed by atoms with Crippen molar-refractivity contribution in [3.8, 4) is 34.1 Å². The van der Waals surface area contributed by atoms with E-state index in [0.717, 1.165) is 57.7 Å². The zero-order valence-electron chi connectivity index (χ0n) is 21.8. The maximum absolute atomic E-state index is 6.57. The highest BCUT2D eigenvalue weighted by Gasteiger charge is 2.14. The van der Waals surface area contributed by atoms with Crippen LogP contribution in [-0.2, 0) is 6.42 Å². The number of aryl methyl sites for hydroxylation is 1. The van der Waals surface area contributed by atoms with Gasteiger partial charge in [-0.2, -0.15) is 0 Å². The van der Waals surface area contributed by atoms with Crippen molar-refractivity contribution in [3.63, 3.8) is 0 Å². The van der Waals surface area contributed by atoms with Gasteiger partial charge in [-0.25, -0.2) is 0 Å². The van der Waals surface area contributed by atoms with Gasteiger partial charge >= 0.3 is 0 Å². The third-order valence-electron chi connectivity index (χ3n) is 7.03. The van der Waals surface area contributed by atoms with Crippen molar-refractivity contribution in [3.05, 3.63) is 96.7 Å². The van der Waals surface area contributed by atoms with E-state index in [9.17, 15) is 0 Å². The zero-order chi connectivity index (χ0) is 25.5. The molecule has 1 heterocycles. The maximum Gasteiger partial charge on any atom is 0.143 e. The molecule has 0 bridgehead atoms. The van der Waals surface area contributed by atoms with Crippen LogP contribution in [0, 0.1) is 0 Å². The number of hydrogen-bond acceptors (Lipinski definition) is 4. The zero-order valence-corrected chi connectivity index (χ0v) is 21.8. The lowest BCUT2D eigenvalue weighted by Gasteiger charge is -2.24. The molecule has 5 rings (SSSR count). The summed E-state index contributed by atoms with van der Waals surface area (Å²) in [7, 11) is 3.37. The smallest absolute Gasteiger partial charge is 0.143 e. The van der Waals surface area contributed by atoms with E-state index in [-0.39, 0.29) is 0 Å². The van der Waals surface area contributed by atoms with Crippen molar-refractivity contribution in [2.45, 2.75) is 32.1 Å². The topological polar surface area (TPSA) is 30.9 Å². The van der Waals surface area contributed by atoms with E-state index < -0.39 is 0 Å². The third-order valence-corrected chi connectivity index (χ3v) is 7.03. The molecule has 4 aromatic carbocycles. The Bertz CT molecular complexity index is 1340. The minimum absolute atomic E-state index is 0.825. The summed E-state index contributed by atoms with van der Waals surface area (Å²) in [6.07, 6.45) is 10.7. The van der Waals surface area contributed by atoms with E-state index in [2.05, 4.69) is 71.8 Å². The van der Waals surface area contributed by atoms with Crippen LogP contribution in [0.2, 0.25) is 0 Å². The summed E-state index contributed by atoms with van der Waals surface area (Å²) in [5.41, 5.74) is 3.42. The second-order valence-corrected chi connectivity index (χ2v) is 9.52. The number of nitrogens with zero attached hydrogens (tertiary/aromatic N) is 1. The van der Waals surface area contributed by atoms with Crippen molar-refractivity contribution >= 4 is 10.8 Å². The molecule has 0 radical (unpaired) electrons. The fraction of sp³-hybridized carbons (Fsp3) is 0.273. The summed E-state index contributed by atoms with van der Waals surface area (Å²) in [5, 5.41) is 2.12. The number of ether oxygens (including phenoxy) is 3. The van der Waals surface area contributed by atoms with E-state index in [1.165, 1.54) is 37.9 Å². The second-order valence-electron chi connectivity index (χ2n) is 9.52. The molecule has 1 fully saturated rings. The molecule has 4 heteroatoms. The quantitative estimate of drug-likeness (QED) is 0.235. The third kappa shape index (κ3) is 6.08. The second kappa shape index (κ2) is 11.9. The molecule has 190 valence electrons. The number of fused-ring (bicyclic) bond motifs is 1. The molecule has 0 N–H and O–H groups in total. The minimum atomic E-state index is 0.825. The number of allylic oxidation sites excluding steroid dienone is 1. The summed E-state index contributed by atoms with van der Waals surface area (Å²) in [5.74, 6) is 3.32. The highest BCUT2D eigenvalue weighted by molar-refractivity contribution is 5.96. The first-order chi connectivity index (χ1) is 18.2. The van der Waals surface area contributed by atoms with Crippen LogP contribution in [0.4, 0.5) is 0 Å². The van der Waals surface area contributed by atoms with Gasteiger partial charge in [0.1, 0.15) is 23.0 Å². The van der Waals surface area contributed by atoms with Gasteiger partial charge in [-0.05, 0) is 103 Å². The van der Waals surface area contributed by atoms with Crippen molar-refractivity contribution in [1.29, 1.82) is 0 Å². The van der Waals surface area contributed by atoms with Crippen LogP contribution in [0.1, 0.15) is 31.2 Å². The molecule has 0 saturated carbocycles. The number of rotatable bonds is 9. The van der Waals surface area contributed by atoms with Crippen molar-refractivity contribution in [2.75, 3.05) is 27.3 Å². The lowest BCUT2D eigenvalue weighted by molar-refractivity contribution is 0.308. The molecule has 37 heavy (non-hydrogen) atoms. The molecule has 4 nitrogen and oxygen atoms in total. The average Bonchev–Trinajstić information content (AvgIpc) is 2.96. The van der Waals surface area contributed by atoms with Gasteiger partial charge in [0.15, 0.2) is 0 Å². The fourth-order valence-corrected chi connectivity index (χ4v) is 4.90. The molecule has 0 spiro atoms. The molecular formula is C33H35NO3. The number of hydrogen-bond donors (Lipinski definition) is 0. The van der Waals surface area contributed by atoms with E-state index in [1.54, 1.807) is 14.2 Å². The van der Waals surface area contributed by atoms with Crippen LogP contribution >= 0.6 is 0 Å². The Kier molecular flexibility index (Phi) is 7.95. The van der Waals surface area contributed by atoms with Crippen LogP contribution in [0.3, 0.4) is 0 Å². The largest absolute Gasteiger partial charge is 0.497 e. The van der Waals surface area contributed by atoms with Crippen molar-refractivity contribution < 1.29 is 14.2 Å². The van der Waals surface area contributed by atoms with Crippen LogP contribution in [0.5, 0.6) is 23.0 Å². The summed E-state index contributed by atoms with van der Waals surface area (Å²) < 4.78 is 17.4. The number of piperidine rings is 1. The van der Waals surface area contributed by atoms with Gasteiger partial charge < -0.3 is 19.1 Å². The highest BCUT2D eigenvalue weighted by Crippen LogP contribution is 2.41. The van der Waals surface area contributed by atoms with Gasteiger partial charge in [-0.1, -0.05) is 36.4 Å². The predicted octanol–water partition coefficient (Wildman–Crippen LogP) is 8.25. The number of methoxy groups -OCH3 is 2. The van der Waals surface area contributed by atoms with E-state index in [0.29, 0.717) is 0 Å². The molecule has 1 aliphatic heterocycles. The van der Waals surface area contributed by atoms with Crippen LogP contribution in [-0.4, -0.2) is 32.2 Å². The van der Waals surface area contributed by atoms with E-state index >= 15 is 0 Å². The molecule has 0 aliphatic carbocycles. The van der Waals surface area contributed by atoms with Crippen LogP contribution < -0.4 is 14.2 Å². The van der Waals surface area contributed by atoms with E-state index in [4.69, 9.17) is 14.2 Å². The summed E-state index contributed by atoms with van der Waals surface area (Å²) in [6, 6.07) is 26.9. The Morgan fingerprint density at radius 1 is 0.730 bits per heavy atom. The van der Waals surface area contributed by atoms with Gasteiger partial charge in [-0.3, -0.25) is 0 Å². The van der Waals surface area contributed by atoms with E-state index in [1.807, 2.05) is 24.3 Å². The Morgan fingerprint density at radius 2 is 1.43 bits per heavy atom. The van der Waals surface area contributed by atoms with Crippen LogP contribution in [0.15, 0.2) is 91.1 Å². The number of likely N-dealkylation sites (tertiary alicyclic amines) is 1. The average molecular weight is 494 g/mol. The first kappa shape index (κ1) is 24.8. The fourth-order valence-electron chi connectivity index (χ4n) is 4.90. The minimum Gasteiger partial charge on any atom is -0.497 e. The lowest BCUT2D eigenvalue weighted by atomic mass is 9.99. The highest BCUT2D eigenvalue weighted by atomic mass is 16.5.